The van der Waals surface area contributed by atoms with Gasteiger partial charge in [-0.1, -0.05) is 18.2 Å². The van der Waals surface area contributed by atoms with Gasteiger partial charge in [0.2, 0.25) is 5.91 Å². The molecule has 0 aliphatic carbocycles. The monoisotopic (exact) mass is 440 g/mol. The zero-order valence-electron chi connectivity index (χ0n) is 15.9. The van der Waals surface area contributed by atoms with Crippen LogP contribution < -0.4 is 10.1 Å². The van der Waals surface area contributed by atoms with Crippen molar-refractivity contribution in [3.8, 4) is 5.75 Å². The number of benzene rings is 1. The van der Waals surface area contributed by atoms with Crippen LogP contribution in [0.3, 0.4) is 0 Å². The van der Waals surface area contributed by atoms with Crippen LogP contribution in [-0.4, -0.2) is 79.8 Å². The molecule has 1 aromatic carbocycles. The Morgan fingerprint density at radius 3 is 2.48 bits per heavy atom. The molecule has 1 unspecified atom stereocenters. The maximum atomic E-state index is 13.0. The second-order valence-corrected chi connectivity index (χ2v) is 10.3. The zero-order chi connectivity index (χ0) is 21.0. The lowest BCUT2D eigenvalue weighted by Crippen LogP contribution is -2.54. The molecule has 158 valence electrons. The second-order valence-electron chi connectivity index (χ2n) is 7.04. The summed E-state index contributed by atoms with van der Waals surface area (Å²) in [5.74, 6) is -0.182. The predicted molar refractivity (Wildman–Crippen MR) is 111 cm³/mol. The standard InChI is InChI=1S/C19H24N2O6S2/c1-12(20-14(17(23)24)10-27-13-5-3-2-4-6-13)16(22)21-11-19(28-7-8-29-19)9-15(21)18(25)26/h2-6,12,14-15,20H,7-11H2,1H3,(H,23,24)(H,25,26)/t12?,14-,15-/m0/s1. The average Bonchev–Trinajstić information content (AvgIpc) is 3.32. The fourth-order valence-electron chi connectivity index (χ4n) is 3.51. The third-order valence-corrected chi connectivity index (χ3v) is 8.38. The maximum absolute atomic E-state index is 13.0. The predicted octanol–water partition coefficient (Wildman–Crippen LogP) is 1.36. The van der Waals surface area contributed by atoms with Crippen molar-refractivity contribution >= 4 is 41.4 Å². The molecule has 3 rings (SSSR count). The van der Waals surface area contributed by atoms with Crippen LogP contribution in [0.5, 0.6) is 5.75 Å². The molecule has 10 heteroatoms. The largest absolute Gasteiger partial charge is 0.491 e. The van der Waals surface area contributed by atoms with E-state index in [1.165, 1.54) is 4.90 Å². The summed E-state index contributed by atoms with van der Waals surface area (Å²) in [4.78, 5) is 37.7. The van der Waals surface area contributed by atoms with Gasteiger partial charge in [0.05, 0.1) is 10.1 Å². The molecule has 2 heterocycles. The lowest BCUT2D eigenvalue weighted by atomic mass is 10.2. The van der Waals surface area contributed by atoms with Gasteiger partial charge >= 0.3 is 11.9 Å². The molecule has 29 heavy (non-hydrogen) atoms. The van der Waals surface area contributed by atoms with Gasteiger partial charge < -0.3 is 19.8 Å². The van der Waals surface area contributed by atoms with Crippen LogP contribution >= 0.6 is 23.5 Å². The molecule has 1 spiro atoms. The number of thioether (sulfide) groups is 2. The minimum atomic E-state index is -1.14. The van der Waals surface area contributed by atoms with Crippen LogP contribution in [0.1, 0.15) is 13.3 Å². The summed E-state index contributed by atoms with van der Waals surface area (Å²) in [6.45, 7) is 1.75. The Morgan fingerprint density at radius 2 is 1.90 bits per heavy atom. The molecule has 0 bridgehead atoms. The number of amides is 1. The number of carboxylic acids is 2. The lowest BCUT2D eigenvalue weighted by Gasteiger charge is -2.28. The van der Waals surface area contributed by atoms with E-state index in [2.05, 4.69) is 5.32 Å². The molecule has 2 aliphatic heterocycles. The van der Waals surface area contributed by atoms with Crippen molar-refractivity contribution in [1.82, 2.24) is 10.2 Å². The van der Waals surface area contributed by atoms with Gasteiger partial charge in [-0.3, -0.25) is 14.9 Å². The second kappa shape index (κ2) is 9.27. The minimum absolute atomic E-state index is 0.158. The number of likely N-dealkylation sites (tertiary alicyclic amines) is 1. The third kappa shape index (κ3) is 5.18. The number of aliphatic carboxylic acids is 2. The smallest absolute Gasteiger partial charge is 0.326 e. The molecule has 0 aromatic heterocycles. The highest BCUT2D eigenvalue weighted by atomic mass is 32.2. The summed E-state index contributed by atoms with van der Waals surface area (Å²) in [7, 11) is 0. The van der Waals surface area contributed by atoms with Gasteiger partial charge in [-0.15, -0.1) is 23.5 Å². The third-order valence-electron chi connectivity index (χ3n) is 4.95. The first kappa shape index (κ1) is 21.8. The van der Waals surface area contributed by atoms with Gasteiger partial charge in [-0.25, -0.2) is 4.79 Å². The number of para-hydroxylation sites is 1. The Bertz CT molecular complexity index is 756. The molecule has 1 aromatic rings. The van der Waals surface area contributed by atoms with E-state index in [9.17, 15) is 24.6 Å². The fraction of sp³-hybridized carbons (Fsp3) is 0.526. The van der Waals surface area contributed by atoms with E-state index in [0.29, 0.717) is 18.7 Å². The van der Waals surface area contributed by atoms with Crippen LogP contribution in [0.2, 0.25) is 0 Å². The number of hydrogen-bond acceptors (Lipinski definition) is 7. The Labute approximate surface area is 177 Å². The molecule has 2 saturated heterocycles. The summed E-state index contributed by atoms with van der Waals surface area (Å²) in [6, 6.07) is 5.94. The number of hydrogen-bond donors (Lipinski definition) is 3. The number of nitrogens with one attached hydrogen (secondary N) is 1. The van der Waals surface area contributed by atoms with E-state index < -0.39 is 36.0 Å². The number of carboxylic acid groups (broad SMARTS) is 2. The Morgan fingerprint density at radius 1 is 1.24 bits per heavy atom. The highest BCUT2D eigenvalue weighted by Gasteiger charge is 2.52. The summed E-state index contributed by atoms with van der Waals surface area (Å²) in [6.07, 6.45) is 0.398. The summed E-state index contributed by atoms with van der Waals surface area (Å²) >= 11 is 3.40. The number of carbonyl (C=O) groups is 3. The van der Waals surface area contributed by atoms with Crippen molar-refractivity contribution < 1.29 is 29.3 Å². The molecule has 2 aliphatic rings. The molecule has 3 N–H and O–H groups in total. The van der Waals surface area contributed by atoms with Crippen LogP contribution in [0.25, 0.3) is 0 Å². The van der Waals surface area contributed by atoms with Crippen LogP contribution in [0.4, 0.5) is 0 Å². The van der Waals surface area contributed by atoms with E-state index in [4.69, 9.17) is 4.74 Å². The molecule has 1 amide bonds. The van der Waals surface area contributed by atoms with Crippen molar-refractivity contribution in [2.75, 3.05) is 24.7 Å². The number of ether oxygens (including phenoxy) is 1. The molecule has 2 fully saturated rings. The van der Waals surface area contributed by atoms with Crippen LogP contribution in [-0.2, 0) is 14.4 Å². The summed E-state index contributed by atoms with van der Waals surface area (Å²) in [5.41, 5.74) is 0. The Hall–Kier alpha value is -1.91. The van der Waals surface area contributed by atoms with Gasteiger partial charge in [0.15, 0.2) is 0 Å². The lowest BCUT2D eigenvalue weighted by molar-refractivity contribution is -0.149. The topological polar surface area (TPSA) is 116 Å². The molecule has 0 saturated carbocycles. The summed E-state index contributed by atoms with van der Waals surface area (Å²) < 4.78 is 5.23. The minimum Gasteiger partial charge on any atom is -0.491 e. The van der Waals surface area contributed by atoms with E-state index >= 15 is 0 Å². The van der Waals surface area contributed by atoms with Gasteiger partial charge in [0, 0.05) is 24.5 Å². The first-order valence-corrected chi connectivity index (χ1v) is 11.3. The SMILES string of the molecule is CC(N[C@@H](COc1ccccc1)C(=O)O)C(=O)N1CC2(C[C@H]1C(=O)O)SCCS2. The quantitative estimate of drug-likeness (QED) is 0.551. The van der Waals surface area contributed by atoms with Crippen LogP contribution in [0, 0.1) is 0 Å². The first-order valence-electron chi connectivity index (χ1n) is 9.29. The summed E-state index contributed by atoms with van der Waals surface area (Å²) in [5, 5.41) is 21.9. The maximum Gasteiger partial charge on any atom is 0.326 e. The molecule has 0 radical (unpaired) electrons. The number of rotatable bonds is 8. The average molecular weight is 441 g/mol. The van der Waals surface area contributed by atoms with Crippen molar-refractivity contribution in [1.29, 1.82) is 0 Å². The highest BCUT2D eigenvalue weighted by Crippen LogP contribution is 2.51. The number of nitrogens with zero attached hydrogens (tertiary/aromatic N) is 1. The molecule has 3 atom stereocenters. The fourth-order valence-corrected chi connectivity index (χ4v) is 6.76. The van der Waals surface area contributed by atoms with Crippen molar-refractivity contribution in [2.45, 2.75) is 35.5 Å². The Kier molecular flexibility index (Phi) is 6.97. The van der Waals surface area contributed by atoms with Gasteiger partial charge in [-0.2, -0.15) is 0 Å². The van der Waals surface area contributed by atoms with Gasteiger partial charge in [0.1, 0.15) is 24.4 Å². The Balaban J connectivity index is 1.64. The van der Waals surface area contributed by atoms with Crippen molar-refractivity contribution in [2.24, 2.45) is 0 Å². The zero-order valence-corrected chi connectivity index (χ0v) is 17.6. The highest BCUT2D eigenvalue weighted by molar-refractivity contribution is 8.21. The normalized spacial score (nSPS) is 22.4. The first-order chi connectivity index (χ1) is 13.8. The van der Waals surface area contributed by atoms with E-state index in [1.54, 1.807) is 54.7 Å². The van der Waals surface area contributed by atoms with E-state index in [1.807, 2.05) is 6.07 Å². The number of carbonyl (C=O) groups excluding carboxylic acids is 1. The van der Waals surface area contributed by atoms with Crippen molar-refractivity contribution in [3.63, 3.8) is 0 Å². The molecular formula is C19H24N2O6S2. The van der Waals surface area contributed by atoms with E-state index in [0.717, 1.165) is 11.5 Å². The van der Waals surface area contributed by atoms with E-state index in [-0.39, 0.29) is 10.7 Å². The van der Waals surface area contributed by atoms with Gasteiger partial charge in [0.25, 0.3) is 0 Å². The van der Waals surface area contributed by atoms with Crippen LogP contribution in [0.15, 0.2) is 30.3 Å². The molecule has 8 nitrogen and oxygen atoms in total. The van der Waals surface area contributed by atoms with Gasteiger partial charge in [-0.05, 0) is 19.1 Å². The molecular weight excluding hydrogens is 416 g/mol. The van der Waals surface area contributed by atoms with Crippen molar-refractivity contribution in [3.05, 3.63) is 30.3 Å².